The molecule has 4 N–H and O–H groups in total. The van der Waals surface area contributed by atoms with E-state index in [0.29, 0.717) is 41.7 Å². The highest BCUT2D eigenvalue weighted by Crippen LogP contribution is 2.32. The number of nitrogens with two attached hydrogens (primary N) is 1. The fourth-order valence-electron chi connectivity index (χ4n) is 3.55. The molecule has 2 heterocycles. The molecule has 41 heavy (non-hydrogen) atoms. The molecule has 2 aliphatic rings. The zero-order chi connectivity index (χ0) is 30.6. The largest absolute Gasteiger partial charge is 0.416 e. The number of nitrogens with one attached hydrogen (secondary N) is 2. The van der Waals surface area contributed by atoms with Gasteiger partial charge in [-0.15, -0.1) is 13.2 Å². The smallest absolute Gasteiger partial charge is 0.405 e. The molecule has 1 atom stereocenters. The topological polar surface area (TPSA) is 95.1 Å². The first-order valence-electron chi connectivity index (χ1n) is 12.1. The number of nitrogens with zero attached hydrogens (tertiary/aromatic N) is 3. The summed E-state index contributed by atoms with van der Waals surface area (Å²) in [6, 6.07) is 4.42. The number of carbonyl (C=O) groups is 1. The fourth-order valence-corrected chi connectivity index (χ4v) is 3.55. The van der Waals surface area contributed by atoms with Crippen molar-refractivity contribution in [2.24, 2.45) is 15.7 Å². The molecule has 1 amide bonds. The Bertz CT molecular complexity index is 1260. The van der Waals surface area contributed by atoms with Gasteiger partial charge in [-0.05, 0) is 55.6 Å². The van der Waals surface area contributed by atoms with Crippen LogP contribution in [0, 0.1) is 0 Å². The van der Waals surface area contributed by atoms with Crippen molar-refractivity contribution >= 4 is 23.8 Å². The standard InChI is InChI=1S/C21H19F6N5.C7H11NO/c1-12-29-18(31-15-6-4-13(5-7-15)20(22,23)24)17-9-8-16(32-19(17)30-12)11-14(3-2-10-28)21(25,26)27;1-3-5-8(7-9)6-4-2/h2-10,19,32H,11,28H2,1H3,(H,29,30,31);3-4,7H,1-2,5-6H2/b10-2-,14-3+;. The van der Waals surface area contributed by atoms with Crippen molar-refractivity contribution in [1.29, 1.82) is 0 Å². The van der Waals surface area contributed by atoms with Crippen molar-refractivity contribution in [3.8, 4) is 0 Å². The molecule has 220 valence electrons. The number of carbonyl (C=O) groups excluding carboxylic acids is 1. The molecule has 0 bridgehead atoms. The lowest BCUT2D eigenvalue weighted by atomic mass is 10.0. The van der Waals surface area contributed by atoms with E-state index in [-0.39, 0.29) is 0 Å². The molecule has 1 aromatic carbocycles. The van der Waals surface area contributed by atoms with Crippen LogP contribution in [0.4, 0.5) is 32.0 Å². The monoisotopic (exact) mass is 580 g/mol. The number of allylic oxidation sites excluding steroid dienone is 5. The Morgan fingerprint density at radius 1 is 1.10 bits per heavy atom. The second-order valence-corrected chi connectivity index (χ2v) is 8.59. The second-order valence-electron chi connectivity index (χ2n) is 8.59. The van der Waals surface area contributed by atoms with Gasteiger partial charge in [0.15, 0.2) is 0 Å². The number of alkyl halides is 6. The molecular weight excluding hydrogens is 550 g/mol. The van der Waals surface area contributed by atoms with Crippen LogP contribution < -0.4 is 16.4 Å². The summed E-state index contributed by atoms with van der Waals surface area (Å²) in [5.41, 5.74) is 4.77. The van der Waals surface area contributed by atoms with Crippen LogP contribution in [-0.4, -0.2) is 48.4 Å². The van der Waals surface area contributed by atoms with Crippen LogP contribution in [0.1, 0.15) is 18.9 Å². The minimum absolute atomic E-state index is 0.292. The van der Waals surface area contributed by atoms with Gasteiger partial charge < -0.3 is 21.3 Å². The van der Waals surface area contributed by atoms with Crippen LogP contribution in [0.2, 0.25) is 0 Å². The van der Waals surface area contributed by atoms with Crippen LogP contribution in [0.3, 0.4) is 0 Å². The number of hydrogen-bond acceptors (Lipinski definition) is 6. The van der Waals surface area contributed by atoms with Crippen molar-refractivity contribution in [3.05, 3.63) is 102 Å². The van der Waals surface area contributed by atoms with Crippen molar-refractivity contribution < 1.29 is 31.1 Å². The highest BCUT2D eigenvalue weighted by molar-refractivity contribution is 6.15. The molecule has 2 aliphatic heterocycles. The van der Waals surface area contributed by atoms with Crippen LogP contribution in [0.15, 0.2) is 107 Å². The third-order valence-electron chi connectivity index (χ3n) is 5.45. The van der Waals surface area contributed by atoms with E-state index in [2.05, 4.69) is 33.8 Å². The Morgan fingerprint density at radius 2 is 1.73 bits per heavy atom. The average Bonchev–Trinajstić information content (AvgIpc) is 2.90. The second kappa shape index (κ2) is 14.7. The Balaban J connectivity index is 0.000000564. The predicted octanol–water partition coefficient (Wildman–Crippen LogP) is 5.86. The molecule has 0 aliphatic carbocycles. The molecule has 0 spiro atoms. The average molecular weight is 581 g/mol. The van der Waals surface area contributed by atoms with Crippen molar-refractivity contribution in [1.82, 2.24) is 10.2 Å². The van der Waals surface area contributed by atoms with Gasteiger partial charge in [-0.3, -0.25) is 4.79 Å². The summed E-state index contributed by atoms with van der Waals surface area (Å²) < 4.78 is 78.0. The maximum absolute atomic E-state index is 13.3. The molecule has 1 unspecified atom stereocenters. The minimum Gasteiger partial charge on any atom is -0.405 e. The Kier molecular flexibility index (Phi) is 11.7. The number of anilines is 1. The van der Waals surface area contributed by atoms with E-state index in [4.69, 9.17) is 5.73 Å². The zero-order valence-corrected chi connectivity index (χ0v) is 22.1. The SMILES string of the molecule is C=CCN(C=O)CC=C.CC1=NC2NC(C/C(=C\C=C/N)C(F)(F)F)=CC=C2C(Nc2ccc(C(F)(F)F)cc2)=N1. The summed E-state index contributed by atoms with van der Waals surface area (Å²) in [5, 5.41) is 5.90. The quantitative estimate of drug-likeness (QED) is 0.148. The first-order valence-corrected chi connectivity index (χ1v) is 12.1. The molecule has 3 rings (SSSR count). The summed E-state index contributed by atoms with van der Waals surface area (Å²) in [7, 11) is 0. The third-order valence-corrected chi connectivity index (χ3v) is 5.45. The lowest BCUT2D eigenvalue weighted by molar-refractivity contribution is -0.137. The van der Waals surface area contributed by atoms with Crippen LogP contribution in [0.25, 0.3) is 0 Å². The number of dihydropyridines is 1. The molecule has 7 nitrogen and oxygen atoms in total. The van der Waals surface area contributed by atoms with E-state index in [1.54, 1.807) is 30.1 Å². The predicted molar refractivity (Wildman–Crippen MR) is 149 cm³/mol. The number of aliphatic imine (C=N–C) groups is 2. The van der Waals surface area contributed by atoms with E-state index in [1.165, 1.54) is 18.2 Å². The number of amides is 1. The van der Waals surface area contributed by atoms with Gasteiger partial charge >= 0.3 is 12.4 Å². The maximum Gasteiger partial charge on any atom is 0.416 e. The molecule has 0 radical (unpaired) electrons. The van der Waals surface area contributed by atoms with Gasteiger partial charge in [-0.1, -0.05) is 18.2 Å². The third kappa shape index (κ3) is 10.2. The van der Waals surface area contributed by atoms with Gasteiger partial charge in [0.05, 0.1) is 5.56 Å². The number of hydrogen-bond donors (Lipinski definition) is 3. The van der Waals surface area contributed by atoms with Crippen molar-refractivity contribution in [3.63, 3.8) is 0 Å². The van der Waals surface area contributed by atoms with E-state index in [0.717, 1.165) is 36.9 Å². The number of halogens is 6. The maximum atomic E-state index is 13.3. The highest BCUT2D eigenvalue weighted by Gasteiger charge is 2.35. The van der Waals surface area contributed by atoms with Crippen LogP contribution >= 0.6 is 0 Å². The van der Waals surface area contributed by atoms with Gasteiger partial charge in [-0.25, -0.2) is 9.98 Å². The van der Waals surface area contributed by atoms with Gasteiger partial charge in [0.1, 0.15) is 17.8 Å². The fraction of sp³-hybridized carbons (Fsp3) is 0.250. The van der Waals surface area contributed by atoms with E-state index >= 15 is 0 Å². The number of fused-ring (bicyclic) bond motifs is 1. The molecule has 0 aromatic heterocycles. The molecule has 0 saturated heterocycles. The van der Waals surface area contributed by atoms with Gasteiger partial charge in [0, 0.05) is 42.0 Å². The minimum atomic E-state index is -4.53. The lowest BCUT2D eigenvalue weighted by Gasteiger charge is -2.29. The van der Waals surface area contributed by atoms with E-state index < -0.39 is 36.1 Å². The van der Waals surface area contributed by atoms with Crippen molar-refractivity contribution in [2.75, 3.05) is 18.4 Å². The molecule has 0 saturated carbocycles. The van der Waals surface area contributed by atoms with Crippen LogP contribution in [0.5, 0.6) is 0 Å². The molecule has 1 aromatic rings. The summed E-state index contributed by atoms with van der Waals surface area (Å²) >= 11 is 0. The summed E-state index contributed by atoms with van der Waals surface area (Å²) in [6.07, 6.45) is 0.129. The lowest BCUT2D eigenvalue weighted by Crippen LogP contribution is -2.39. The highest BCUT2D eigenvalue weighted by atomic mass is 19.4. The van der Waals surface area contributed by atoms with Gasteiger partial charge in [0.25, 0.3) is 0 Å². The van der Waals surface area contributed by atoms with Gasteiger partial charge in [0.2, 0.25) is 6.41 Å². The Labute approximate surface area is 233 Å². The summed E-state index contributed by atoms with van der Waals surface area (Å²) in [4.78, 5) is 20.3. The van der Waals surface area contributed by atoms with Crippen LogP contribution in [-0.2, 0) is 11.0 Å². The van der Waals surface area contributed by atoms with E-state index in [9.17, 15) is 31.1 Å². The molecular formula is C28H30F6N6O. The van der Waals surface area contributed by atoms with E-state index in [1.807, 2.05) is 0 Å². The zero-order valence-electron chi connectivity index (χ0n) is 22.1. The Morgan fingerprint density at radius 3 is 2.24 bits per heavy atom. The number of rotatable bonds is 9. The first kappa shape index (κ1) is 32.7. The summed E-state index contributed by atoms with van der Waals surface area (Å²) in [5.74, 6) is 0.690. The van der Waals surface area contributed by atoms with Crippen molar-refractivity contribution in [2.45, 2.75) is 31.9 Å². The first-order chi connectivity index (χ1) is 19.3. The number of benzene rings is 1. The normalized spacial score (nSPS) is 17.0. The number of amidine groups is 2. The van der Waals surface area contributed by atoms with Gasteiger partial charge in [-0.2, -0.15) is 26.3 Å². The molecule has 0 fully saturated rings. The Hall–Kier alpha value is -4.55. The molecule has 13 heteroatoms. The summed E-state index contributed by atoms with van der Waals surface area (Å²) in [6.45, 7) is 9.79.